The minimum atomic E-state index is -0.644. The summed E-state index contributed by atoms with van der Waals surface area (Å²) in [7, 11) is 0. The van der Waals surface area contributed by atoms with E-state index in [4.69, 9.17) is 14.2 Å². The summed E-state index contributed by atoms with van der Waals surface area (Å²) >= 11 is 0. The second-order valence-corrected chi connectivity index (χ2v) is 5.62. The van der Waals surface area contributed by atoms with Crippen LogP contribution in [-0.4, -0.2) is 43.6 Å². The number of carbonyl (C=O) groups is 4. The van der Waals surface area contributed by atoms with Crippen LogP contribution in [0.15, 0.2) is 29.8 Å². The number of amides is 1. The van der Waals surface area contributed by atoms with Crippen LogP contribution in [0.2, 0.25) is 0 Å². The van der Waals surface area contributed by atoms with Crippen LogP contribution in [-0.2, 0) is 23.8 Å². The molecule has 8 heteroatoms. The summed E-state index contributed by atoms with van der Waals surface area (Å²) in [6, 6.07) is 4.04. The van der Waals surface area contributed by atoms with Crippen molar-refractivity contribution in [2.75, 3.05) is 25.1 Å². The molecule has 8 nitrogen and oxygen atoms in total. The van der Waals surface area contributed by atoms with Gasteiger partial charge in [-0.25, -0.2) is 14.4 Å². The number of carbonyl (C=O) groups excluding carboxylic acids is 4. The van der Waals surface area contributed by atoms with Gasteiger partial charge in [-0.1, -0.05) is 5.57 Å². The Morgan fingerprint density at radius 1 is 0.889 bits per heavy atom. The fourth-order valence-corrected chi connectivity index (χ4v) is 1.98. The Bertz CT molecular complexity index is 712. The van der Waals surface area contributed by atoms with Crippen molar-refractivity contribution < 1.29 is 33.4 Å². The molecule has 0 spiro atoms. The third-order valence-electron chi connectivity index (χ3n) is 2.99. The first-order chi connectivity index (χ1) is 12.8. The minimum absolute atomic E-state index is 0.0826. The largest absolute Gasteiger partial charge is 0.462 e. The molecule has 1 rings (SSSR count). The Kier molecular flexibility index (Phi) is 8.71. The fourth-order valence-electron chi connectivity index (χ4n) is 1.98. The lowest BCUT2D eigenvalue weighted by Gasteiger charge is -2.10. The molecule has 0 aliphatic carbocycles. The highest BCUT2D eigenvalue weighted by atomic mass is 16.5. The number of esters is 3. The zero-order valence-corrected chi connectivity index (χ0v) is 15.8. The molecule has 0 bridgehead atoms. The van der Waals surface area contributed by atoms with Gasteiger partial charge in [-0.05, 0) is 45.9 Å². The minimum Gasteiger partial charge on any atom is -0.462 e. The van der Waals surface area contributed by atoms with Crippen molar-refractivity contribution in [1.82, 2.24) is 0 Å². The van der Waals surface area contributed by atoms with Crippen LogP contribution in [0.25, 0.3) is 0 Å². The molecule has 0 atom stereocenters. The van der Waals surface area contributed by atoms with Gasteiger partial charge in [-0.2, -0.15) is 0 Å². The molecular formula is C19H23NO7. The monoisotopic (exact) mass is 377 g/mol. The predicted molar refractivity (Wildman–Crippen MR) is 97.4 cm³/mol. The van der Waals surface area contributed by atoms with Gasteiger partial charge in [0.15, 0.2) is 6.61 Å². The molecule has 0 aliphatic rings. The highest BCUT2D eigenvalue weighted by Gasteiger charge is 2.16. The van der Waals surface area contributed by atoms with Crippen molar-refractivity contribution in [2.24, 2.45) is 0 Å². The number of hydrogen-bond acceptors (Lipinski definition) is 7. The van der Waals surface area contributed by atoms with E-state index in [1.165, 1.54) is 24.3 Å². The van der Waals surface area contributed by atoms with Gasteiger partial charge in [-0.3, -0.25) is 4.79 Å². The average molecular weight is 377 g/mol. The number of hydrogen-bond donors (Lipinski definition) is 1. The predicted octanol–water partition coefficient (Wildman–Crippen LogP) is 2.49. The highest BCUT2D eigenvalue weighted by molar-refractivity contribution is 6.00. The van der Waals surface area contributed by atoms with E-state index in [1.54, 1.807) is 27.7 Å². The number of rotatable bonds is 8. The Morgan fingerprint density at radius 2 is 1.41 bits per heavy atom. The van der Waals surface area contributed by atoms with Crippen LogP contribution in [0, 0.1) is 0 Å². The van der Waals surface area contributed by atoms with Crippen molar-refractivity contribution in [3.05, 3.63) is 41.0 Å². The average Bonchev–Trinajstić information content (AvgIpc) is 2.59. The second-order valence-electron chi connectivity index (χ2n) is 5.62. The van der Waals surface area contributed by atoms with E-state index < -0.39 is 30.4 Å². The van der Waals surface area contributed by atoms with E-state index in [0.29, 0.717) is 0 Å². The normalized spacial score (nSPS) is 9.78. The Morgan fingerprint density at radius 3 is 1.85 bits per heavy atom. The number of nitrogens with one attached hydrogen (secondary N) is 1. The smallest absolute Gasteiger partial charge is 0.338 e. The lowest BCUT2D eigenvalue weighted by Crippen LogP contribution is -2.21. The fraction of sp³-hybridized carbons (Fsp3) is 0.368. The first-order valence-electron chi connectivity index (χ1n) is 8.37. The van der Waals surface area contributed by atoms with E-state index >= 15 is 0 Å². The van der Waals surface area contributed by atoms with Gasteiger partial charge in [0.25, 0.3) is 5.91 Å². The van der Waals surface area contributed by atoms with Crippen LogP contribution in [0.3, 0.4) is 0 Å². The summed E-state index contributed by atoms with van der Waals surface area (Å²) in [5.74, 6) is -2.55. The summed E-state index contributed by atoms with van der Waals surface area (Å²) in [5, 5.41) is 2.47. The molecule has 1 N–H and O–H groups in total. The maximum Gasteiger partial charge on any atom is 0.338 e. The van der Waals surface area contributed by atoms with Crippen LogP contribution in [0.5, 0.6) is 0 Å². The molecule has 1 aromatic carbocycles. The molecule has 0 aliphatic heterocycles. The standard InChI is InChI=1S/C19H23NO7/c1-5-25-18(23)13-8-14(19(24)26-6-2)10-15(9-13)20-16(21)11-27-17(22)7-12(3)4/h7-10H,5-6,11H2,1-4H3,(H,20,21). The SMILES string of the molecule is CCOC(=O)c1cc(NC(=O)COC(=O)C=C(C)C)cc(C(=O)OCC)c1. The second kappa shape index (κ2) is 10.7. The molecule has 0 unspecified atom stereocenters. The first-order valence-corrected chi connectivity index (χ1v) is 8.37. The number of allylic oxidation sites excluding steroid dienone is 1. The van der Waals surface area contributed by atoms with E-state index in [-0.39, 0.29) is 30.0 Å². The van der Waals surface area contributed by atoms with E-state index in [9.17, 15) is 19.2 Å². The summed E-state index contributed by atoms with van der Waals surface area (Å²) in [6.45, 7) is 6.54. The zero-order valence-electron chi connectivity index (χ0n) is 15.8. The maximum absolute atomic E-state index is 12.0. The van der Waals surface area contributed by atoms with Crippen molar-refractivity contribution in [1.29, 1.82) is 0 Å². The molecule has 0 fully saturated rings. The third-order valence-corrected chi connectivity index (χ3v) is 2.99. The van der Waals surface area contributed by atoms with Crippen LogP contribution >= 0.6 is 0 Å². The van der Waals surface area contributed by atoms with Gasteiger partial charge in [0.1, 0.15) is 0 Å². The van der Waals surface area contributed by atoms with Crippen LogP contribution in [0.4, 0.5) is 5.69 Å². The lowest BCUT2D eigenvalue weighted by atomic mass is 10.1. The molecule has 0 saturated carbocycles. The highest BCUT2D eigenvalue weighted by Crippen LogP contribution is 2.17. The first kappa shape index (κ1) is 21.9. The van der Waals surface area contributed by atoms with Gasteiger partial charge in [0, 0.05) is 11.8 Å². The van der Waals surface area contributed by atoms with E-state index in [1.807, 2.05) is 0 Å². The van der Waals surface area contributed by atoms with Gasteiger partial charge in [0.05, 0.1) is 24.3 Å². The molecule has 0 saturated heterocycles. The zero-order chi connectivity index (χ0) is 20.4. The lowest BCUT2D eigenvalue weighted by molar-refractivity contribution is -0.142. The quantitative estimate of drug-likeness (QED) is 0.421. The van der Waals surface area contributed by atoms with E-state index in [0.717, 1.165) is 5.57 Å². The Labute approximate surface area is 157 Å². The van der Waals surface area contributed by atoms with E-state index in [2.05, 4.69) is 5.32 Å². The summed E-state index contributed by atoms with van der Waals surface area (Å²) in [5.41, 5.74) is 1.08. The molecular weight excluding hydrogens is 354 g/mol. The van der Waals surface area contributed by atoms with Crippen LogP contribution < -0.4 is 5.32 Å². The number of ether oxygens (including phenoxy) is 3. The van der Waals surface area contributed by atoms with Crippen LogP contribution in [0.1, 0.15) is 48.4 Å². The molecule has 146 valence electrons. The van der Waals surface area contributed by atoms with Crippen molar-refractivity contribution in [3.63, 3.8) is 0 Å². The Balaban J connectivity index is 2.95. The topological polar surface area (TPSA) is 108 Å². The molecule has 27 heavy (non-hydrogen) atoms. The van der Waals surface area contributed by atoms with Gasteiger partial charge in [-0.15, -0.1) is 0 Å². The number of benzene rings is 1. The van der Waals surface area contributed by atoms with Gasteiger partial charge >= 0.3 is 17.9 Å². The van der Waals surface area contributed by atoms with Crippen molar-refractivity contribution >= 4 is 29.5 Å². The van der Waals surface area contributed by atoms with Gasteiger partial charge in [0.2, 0.25) is 0 Å². The van der Waals surface area contributed by atoms with Gasteiger partial charge < -0.3 is 19.5 Å². The van der Waals surface area contributed by atoms with Crippen molar-refractivity contribution in [3.8, 4) is 0 Å². The molecule has 0 radical (unpaired) electrons. The summed E-state index contributed by atoms with van der Waals surface area (Å²) < 4.78 is 14.6. The summed E-state index contributed by atoms with van der Waals surface area (Å²) in [6.07, 6.45) is 1.26. The third kappa shape index (κ3) is 7.72. The molecule has 0 heterocycles. The Hall–Kier alpha value is -3.16. The molecule has 1 aromatic rings. The van der Waals surface area contributed by atoms with Crippen molar-refractivity contribution in [2.45, 2.75) is 27.7 Å². The molecule has 0 aromatic heterocycles. The maximum atomic E-state index is 12.0. The number of anilines is 1. The molecule has 1 amide bonds. The summed E-state index contributed by atoms with van der Waals surface area (Å²) in [4.78, 5) is 47.4.